The van der Waals surface area contributed by atoms with Gasteiger partial charge < -0.3 is 4.90 Å². The lowest BCUT2D eigenvalue weighted by molar-refractivity contribution is -0.134. The Hall–Kier alpha value is -2.44. The van der Waals surface area contributed by atoms with E-state index in [4.69, 9.17) is 0 Å². The number of hydrogen-bond acceptors (Lipinski definition) is 4. The molecule has 0 radical (unpaired) electrons. The molecule has 2 aromatic rings. The first-order valence-electron chi connectivity index (χ1n) is 7.08. The van der Waals surface area contributed by atoms with Crippen molar-refractivity contribution >= 4 is 5.91 Å². The van der Waals surface area contributed by atoms with Crippen molar-refractivity contribution in [3.63, 3.8) is 0 Å². The molecule has 1 aliphatic heterocycles. The summed E-state index contributed by atoms with van der Waals surface area (Å²) in [5, 5.41) is 6.07. The van der Waals surface area contributed by atoms with E-state index in [1.54, 1.807) is 6.20 Å². The summed E-state index contributed by atoms with van der Waals surface area (Å²) in [6, 6.07) is 5.77. The lowest BCUT2D eigenvalue weighted by Gasteiger charge is -2.35. The molecule has 2 aromatic heterocycles. The number of pyridine rings is 1. The molecule has 7 heteroatoms. The summed E-state index contributed by atoms with van der Waals surface area (Å²) in [6.07, 6.45) is 4.84. The van der Waals surface area contributed by atoms with E-state index in [2.05, 4.69) is 20.2 Å². The van der Waals surface area contributed by atoms with Gasteiger partial charge in [0, 0.05) is 12.7 Å². The fraction of sp³-hybridized carbons (Fsp3) is 0.429. The molecule has 2 N–H and O–H groups in total. The van der Waals surface area contributed by atoms with Crippen molar-refractivity contribution < 1.29 is 4.79 Å². The van der Waals surface area contributed by atoms with Crippen LogP contribution in [0.2, 0.25) is 0 Å². The van der Waals surface area contributed by atoms with Gasteiger partial charge in [-0.15, -0.1) is 0 Å². The summed E-state index contributed by atoms with van der Waals surface area (Å²) in [5.41, 5.74) is 0.527. The van der Waals surface area contributed by atoms with Gasteiger partial charge in [-0.25, -0.2) is 9.89 Å². The van der Waals surface area contributed by atoms with Crippen LogP contribution in [0.4, 0.5) is 0 Å². The van der Waals surface area contributed by atoms with Crippen LogP contribution in [0.1, 0.15) is 36.8 Å². The Morgan fingerprint density at radius 3 is 3.00 bits per heavy atom. The summed E-state index contributed by atoms with van der Waals surface area (Å²) in [4.78, 5) is 32.2. The number of rotatable bonds is 3. The molecule has 1 amide bonds. The van der Waals surface area contributed by atoms with Crippen molar-refractivity contribution in [1.29, 1.82) is 0 Å². The summed E-state index contributed by atoms with van der Waals surface area (Å²) >= 11 is 0. The highest BCUT2D eigenvalue weighted by atomic mass is 16.2. The van der Waals surface area contributed by atoms with Gasteiger partial charge in [0.05, 0.1) is 18.2 Å². The summed E-state index contributed by atoms with van der Waals surface area (Å²) < 4.78 is 0. The molecule has 110 valence electrons. The number of carbonyl (C=O) groups excluding carboxylic acids is 1. The van der Waals surface area contributed by atoms with Crippen LogP contribution in [0.25, 0.3) is 0 Å². The molecule has 1 atom stereocenters. The quantitative estimate of drug-likeness (QED) is 0.872. The van der Waals surface area contributed by atoms with Gasteiger partial charge >= 0.3 is 5.69 Å². The fourth-order valence-corrected chi connectivity index (χ4v) is 2.74. The van der Waals surface area contributed by atoms with Crippen molar-refractivity contribution in [2.24, 2.45) is 0 Å². The molecule has 0 saturated carbocycles. The van der Waals surface area contributed by atoms with Crippen LogP contribution in [0.15, 0.2) is 29.2 Å². The smallest absolute Gasteiger partial charge is 0.334 e. The van der Waals surface area contributed by atoms with Crippen molar-refractivity contribution in [3.05, 3.63) is 46.4 Å². The molecule has 0 aliphatic carbocycles. The monoisotopic (exact) mass is 287 g/mol. The standard InChI is InChI=1S/C14H17N5O2/c20-13(9-12-16-14(21)18-17-12)19-8-4-2-6-11(19)10-5-1-3-7-15-10/h1,3,5,7,11H,2,4,6,8-9H2,(H2,16,17,18,21). The number of likely N-dealkylation sites (tertiary alicyclic amines) is 1. The van der Waals surface area contributed by atoms with Crippen LogP contribution in [0, 0.1) is 0 Å². The van der Waals surface area contributed by atoms with E-state index in [1.165, 1.54) is 0 Å². The van der Waals surface area contributed by atoms with E-state index >= 15 is 0 Å². The molecule has 0 spiro atoms. The SMILES string of the molecule is O=C(Cc1n[nH]c(=O)[nH]1)N1CCCCC1c1ccccn1. The predicted octanol–water partition coefficient (Wildman–Crippen LogP) is 0.789. The summed E-state index contributed by atoms with van der Waals surface area (Å²) in [7, 11) is 0. The van der Waals surface area contributed by atoms with Crippen molar-refractivity contribution in [2.45, 2.75) is 31.7 Å². The normalized spacial score (nSPS) is 18.7. The molecule has 0 bridgehead atoms. The maximum Gasteiger partial charge on any atom is 0.340 e. The van der Waals surface area contributed by atoms with E-state index < -0.39 is 5.69 Å². The van der Waals surface area contributed by atoms with Gasteiger partial charge in [-0.2, -0.15) is 5.10 Å². The van der Waals surface area contributed by atoms with Crippen LogP contribution in [-0.2, 0) is 11.2 Å². The van der Waals surface area contributed by atoms with Gasteiger partial charge in [0.25, 0.3) is 0 Å². The zero-order valence-corrected chi connectivity index (χ0v) is 11.6. The van der Waals surface area contributed by atoms with Gasteiger partial charge in [-0.1, -0.05) is 6.07 Å². The highest BCUT2D eigenvalue weighted by molar-refractivity contribution is 5.78. The Bertz CT molecular complexity index is 663. The van der Waals surface area contributed by atoms with E-state index in [9.17, 15) is 9.59 Å². The maximum atomic E-state index is 12.5. The number of carbonyl (C=O) groups is 1. The third kappa shape index (κ3) is 3.01. The Morgan fingerprint density at radius 2 is 2.29 bits per heavy atom. The van der Waals surface area contributed by atoms with Crippen LogP contribution in [0.5, 0.6) is 0 Å². The van der Waals surface area contributed by atoms with Gasteiger partial charge in [-0.3, -0.25) is 14.8 Å². The van der Waals surface area contributed by atoms with E-state index in [0.717, 1.165) is 25.0 Å². The number of nitrogens with one attached hydrogen (secondary N) is 2. The number of amides is 1. The Balaban J connectivity index is 1.77. The Morgan fingerprint density at radius 1 is 1.38 bits per heavy atom. The van der Waals surface area contributed by atoms with Gasteiger partial charge in [-0.05, 0) is 31.4 Å². The molecular formula is C14H17N5O2. The number of nitrogens with zero attached hydrogens (tertiary/aromatic N) is 3. The Labute approximate surface area is 121 Å². The molecule has 1 fully saturated rings. The van der Waals surface area contributed by atoms with Gasteiger partial charge in [0.2, 0.25) is 5.91 Å². The molecule has 7 nitrogen and oxygen atoms in total. The van der Waals surface area contributed by atoms with Crippen LogP contribution >= 0.6 is 0 Å². The van der Waals surface area contributed by atoms with Crippen LogP contribution < -0.4 is 5.69 Å². The number of aromatic nitrogens is 4. The van der Waals surface area contributed by atoms with Crippen LogP contribution in [0.3, 0.4) is 0 Å². The van der Waals surface area contributed by atoms with Crippen LogP contribution in [-0.4, -0.2) is 37.5 Å². The second-order valence-electron chi connectivity index (χ2n) is 5.15. The third-order valence-electron chi connectivity index (χ3n) is 3.72. The number of piperidine rings is 1. The van der Waals surface area contributed by atoms with Gasteiger partial charge in [0.15, 0.2) is 0 Å². The summed E-state index contributed by atoms with van der Waals surface area (Å²) in [5.74, 6) is 0.337. The average molecular weight is 287 g/mol. The van der Waals surface area contributed by atoms with Crippen molar-refractivity contribution in [1.82, 2.24) is 25.1 Å². The van der Waals surface area contributed by atoms with Crippen molar-refractivity contribution in [2.75, 3.05) is 6.54 Å². The predicted molar refractivity (Wildman–Crippen MR) is 75.5 cm³/mol. The molecule has 1 aliphatic rings. The van der Waals surface area contributed by atoms with E-state index in [-0.39, 0.29) is 18.4 Å². The first-order chi connectivity index (χ1) is 10.2. The lowest BCUT2D eigenvalue weighted by atomic mass is 9.98. The fourth-order valence-electron chi connectivity index (χ4n) is 2.74. The van der Waals surface area contributed by atoms with Gasteiger partial charge in [0.1, 0.15) is 5.82 Å². The minimum atomic E-state index is -0.391. The molecular weight excluding hydrogens is 270 g/mol. The number of aromatic amines is 2. The highest BCUT2D eigenvalue weighted by Gasteiger charge is 2.29. The first-order valence-corrected chi connectivity index (χ1v) is 7.08. The summed E-state index contributed by atoms with van der Waals surface area (Å²) in [6.45, 7) is 0.717. The zero-order chi connectivity index (χ0) is 14.7. The number of H-pyrrole nitrogens is 2. The molecule has 1 saturated heterocycles. The lowest BCUT2D eigenvalue weighted by Crippen LogP contribution is -2.39. The second kappa shape index (κ2) is 5.90. The molecule has 0 aromatic carbocycles. The highest BCUT2D eigenvalue weighted by Crippen LogP contribution is 2.29. The van der Waals surface area contributed by atoms with E-state index in [1.807, 2.05) is 23.1 Å². The average Bonchev–Trinajstić information content (AvgIpc) is 2.93. The molecule has 3 rings (SSSR count). The minimum Gasteiger partial charge on any atom is -0.334 e. The largest absolute Gasteiger partial charge is 0.340 e. The topological polar surface area (TPSA) is 94.7 Å². The molecule has 1 unspecified atom stereocenters. The Kier molecular flexibility index (Phi) is 3.81. The number of hydrogen-bond donors (Lipinski definition) is 2. The van der Waals surface area contributed by atoms with E-state index in [0.29, 0.717) is 12.4 Å². The first kappa shape index (κ1) is 13.5. The maximum absolute atomic E-state index is 12.5. The van der Waals surface area contributed by atoms with Crippen molar-refractivity contribution in [3.8, 4) is 0 Å². The third-order valence-corrected chi connectivity index (χ3v) is 3.72. The molecule has 3 heterocycles. The zero-order valence-electron chi connectivity index (χ0n) is 11.6. The second-order valence-corrected chi connectivity index (χ2v) is 5.15. The molecule has 21 heavy (non-hydrogen) atoms. The minimum absolute atomic E-state index is 0.0121.